The van der Waals surface area contributed by atoms with E-state index in [-0.39, 0.29) is 16.9 Å². The van der Waals surface area contributed by atoms with Gasteiger partial charge in [0.05, 0.1) is 23.3 Å². The molecule has 4 rings (SSSR count). The monoisotopic (exact) mass is 442 g/mol. The number of carbonyl (C=O) groups is 1. The Morgan fingerprint density at radius 1 is 1.16 bits per heavy atom. The van der Waals surface area contributed by atoms with Gasteiger partial charge in [0, 0.05) is 25.9 Å². The predicted octanol–water partition coefficient (Wildman–Crippen LogP) is 2.23. The van der Waals surface area contributed by atoms with E-state index in [1.54, 1.807) is 17.1 Å². The summed E-state index contributed by atoms with van der Waals surface area (Å²) in [5.74, 6) is 1.05. The highest BCUT2D eigenvalue weighted by Gasteiger charge is 2.22. The average Bonchev–Trinajstić information content (AvgIpc) is 3.20. The van der Waals surface area contributed by atoms with Crippen molar-refractivity contribution in [3.63, 3.8) is 0 Å². The number of amides is 1. The maximum atomic E-state index is 12.5. The molecule has 10 heteroatoms. The summed E-state index contributed by atoms with van der Waals surface area (Å²) in [7, 11) is -0.631. The number of carbonyl (C=O) groups excluding carboxylic acids is 1. The van der Waals surface area contributed by atoms with Crippen LogP contribution in [0.1, 0.15) is 10.4 Å². The first-order valence-corrected chi connectivity index (χ1v) is 11.0. The summed E-state index contributed by atoms with van der Waals surface area (Å²) >= 11 is 0. The van der Waals surface area contributed by atoms with Gasteiger partial charge in [0.25, 0.3) is 5.91 Å². The van der Waals surface area contributed by atoms with E-state index >= 15 is 0 Å². The minimum absolute atomic E-state index is 0.123. The molecule has 0 fully saturated rings. The minimum atomic E-state index is -3.54. The van der Waals surface area contributed by atoms with Crippen molar-refractivity contribution in [1.82, 2.24) is 14.1 Å². The first-order valence-electron chi connectivity index (χ1n) is 9.58. The van der Waals surface area contributed by atoms with Crippen LogP contribution in [-0.2, 0) is 16.6 Å². The molecule has 0 spiro atoms. The Bertz CT molecular complexity index is 1190. The van der Waals surface area contributed by atoms with Crippen molar-refractivity contribution in [2.75, 3.05) is 26.0 Å². The summed E-state index contributed by atoms with van der Waals surface area (Å²) in [6.07, 6.45) is 3.04. The molecule has 0 radical (unpaired) electrons. The maximum Gasteiger partial charge on any atom is 0.255 e. The van der Waals surface area contributed by atoms with Crippen LogP contribution in [0.4, 0.5) is 5.69 Å². The number of hydrogen-bond acceptors (Lipinski definition) is 6. The zero-order chi connectivity index (χ0) is 22.0. The van der Waals surface area contributed by atoms with Crippen LogP contribution in [0.2, 0.25) is 0 Å². The third-order valence-electron chi connectivity index (χ3n) is 4.74. The third-order valence-corrected chi connectivity index (χ3v) is 6.57. The Hall–Kier alpha value is -3.37. The Morgan fingerprint density at radius 3 is 2.58 bits per heavy atom. The largest absolute Gasteiger partial charge is 0.486 e. The molecular weight excluding hydrogens is 420 g/mol. The molecule has 1 aromatic heterocycles. The van der Waals surface area contributed by atoms with Crippen molar-refractivity contribution in [1.29, 1.82) is 0 Å². The third kappa shape index (κ3) is 4.54. The summed E-state index contributed by atoms with van der Waals surface area (Å²) < 4.78 is 38.7. The van der Waals surface area contributed by atoms with Gasteiger partial charge in [0.15, 0.2) is 17.6 Å². The Balaban J connectivity index is 1.37. The fraction of sp³-hybridized carbons (Fsp3) is 0.238. The quantitative estimate of drug-likeness (QED) is 0.628. The van der Waals surface area contributed by atoms with Crippen molar-refractivity contribution in [2.24, 2.45) is 0 Å². The lowest BCUT2D eigenvalue weighted by Gasteiger charge is -2.26. The van der Waals surface area contributed by atoms with E-state index in [4.69, 9.17) is 9.47 Å². The van der Waals surface area contributed by atoms with Crippen LogP contribution in [0.25, 0.3) is 0 Å². The molecule has 9 nitrogen and oxygen atoms in total. The van der Waals surface area contributed by atoms with Gasteiger partial charge in [0.1, 0.15) is 6.61 Å². The fourth-order valence-electron chi connectivity index (χ4n) is 3.08. The lowest BCUT2D eigenvalue weighted by Crippen LogP contribution is -2.33. The van der Waals surface area contributed by atoms with Gasteiger partial charge in [-0.2, -0.15) is 5.10 Å². The van der Waals surface area contributed by atoms with Crippen molar-refractivity contribution >= 4 is 21.6 Å². The van der Waals surface area contributed by atoms with Gasteiger partial charge < -0.3 is 14.8 Å². The molecule has 1 aliphatic heterocycles. The number of para-hydroxylation sites is 2. The SMILES string of the molecule is CN(C)S(=O)(=O)c1ccc(C(=O)Nc2cnn(CC3COc4ccccc4O3)c2)cc1. The lowest BCUT2D eigenvalue weighted by atomic mass is 10.2. The summed E-state index contributed by atoms with van der Waals surface area (Å²) in [6, 6.07) is 13.2. The maximum absolute atomic E-state index is 12.5. The standard InChI is InChI=1S/C21H22N4O5S/c1-24(2)31(27,28)18-9-7-15(8-10-18)21(26)23-16-11-22-25(12-16)13-17-14-29-19-5-3-4-6-20(19)30-17/h3-12,17H,13-14H2,1-2H3,(H,23,26). The number of ether oxygens (including phenoxy) is 2. The van der Waals surface area contributed by atoms with Gasteiger partial charge in [0.2, 0.25) is 10.0 Å². The predicted molar refractivity (Wildman–Crippen MR) is 114 cm³/mol. The van der Waals surface area contributed by atoms with Crippen molar-refractivity contribution < 1.29 is 22.7 Å². The number of nitrogens with one attached hydrogen (secondary N) is 1. The molecule has 3 aromatic rings. The second kappa shape index (κ2) is 8.40. The highest BCUT2D eigenvalue weighted by molar-refractivity contribution is 7.89. The smallest absolute Gasteiger partial charge is 0.255 e. The molecule has 0 aliphatic carbocycles. The number of benzene rings is 2. The first kappa shape index (κ1) is 20.9. The van der Waals surface area contributed by atoms with E-state index in [1.165, 1.54) is 38.4 Å². The van der Waals surface area contributed by atoms with E-state index < -0.39 is 10.0 Å². The van der Waals surface area contributed by atoms with E-state index in [9.17, 15) is 13.2 Å². The van der Waals surface area contributed by atoms with E-state index in [2.05, 4.69) is 10.4 Å². The van der Waals surface area contributed by atoms with Crippen LogP contribution in [0.15, 0.2) is 65.8 Å². The molecule has 1 aliphatic rings. The molecule has 2 heterocycles. The highest BCUT2D eigenvalue weighted by Crippen LogP contribution is 2.31. The van der Waals surface area contributed by atoms with Gasteiger partial charge in [-0.25, -0.2) is 12.7 Å². The number of hydrogen-bond donors (Lipinski definition) is 1. The zero-order valence-electron chi connectivity index (χ0n) is 17.1. The van der Waals surface area contributed by atoms with Crippen molar-refractivity contribution in [3.05, 3.63) is 66.5 Å². The molecule has 1 atom stereocenters. The molecule has 0 saturated heterocycles. The Labute approximate surface area is 180 Å². The molecular formula is C21H22N4O5S. The molecule has 162 valence electrons. The van der Waals surface area contributed by atoms with Gasteiger partial charge in [-0.05, 0) is 36.4 Å². The molecule has 1 N–H and O–H groups in total. The van der Waals surface area contributed by atoms with Crippen LogP contribution in [0.3, 0.4) is 0 Å². The number of fused-ring (bicyclic) bond motifs is 1. The van der Waals surface area contributed by atoms with Gasteiger partial charge >= 0.3 is 0 Å². The van der Waals surface area contributed by atoms with Crippen molar-refractivity contribution in [3.8, 4) is 11.5 Å². The Morgan fingerprint density at radius 2 is 1.87 bits per heavy atom. The van der Waals surface area contributed by atoms with E-state index in [1.807, 2.05) is 24.3 Å². The number of aromatic nitrogens is 2. The number of sulfonamides is 1. The number of anilines is 1. The average molecular weight is 442 g/mol. The van der Waals surface area contributed by atoms with Crippen LogP contribution >= 0.6 is 0 Å². The topological polar surface area (TPSA) is 103 Å². The molecule has 0 saturated carbocycles. The number of nitrogens with zero attached hydrogens (tertiary/aromatic N) is 3. The van der Waals surface area contributed by atoms with E-state index in [0.717, 1.165) is 10.1 Å². The second-order valence-electron chi connectivity index (χ2n) is 7.21. The van der Waals surface area contributed by atoms with Crippen LogP contribution in [-0.4, -0.2) is 55.2 Å². The van der Waals surface area contributed by atoms with Gasteiger partial charge in [-0.3, -0.25) is 9.48 Å². The molecule has 2 aromatic carbocycles. The summed E-state index contributed by atoms with van der Waals surface area (Å²) in [5.41, 5.74) is 0.859. The molecule has 1 amide bonds. The first-order chi connectivity index (χ1) is 14.8. The summed E-state index contributed by atoms with van der Waals surface area (Å²) in [5, 5.41) is 7.02. The minimum Gasteiger partial charge on any atom is -0.486 e. The van der Waals surface area contributed by atoms with Crippen LogP contribution < -0.4 is 14.8 Å². The zero-order valence-corrected chi connectivity index (χ0v) is 17.9. The van der Waals surface area contributed by atoms with E-state index in [0.29, 0.717) is 30.2 Å². The van der Waals surface area contributed by atoms with Crippen LogP contribution in [0.5, 0.6) is 11.5 Å². The second-order valence-corrected chi connectivity index (χ2v) is 9.37. The molecule has 0 bridgehead atoms. The van der Waals surface area contributed by atoms with Gasteiger partial charge in [-0.15, -0.1) is 0 Å². The summed E-state index contributed by atoms with van der Waals surface area (Å²) in [6.45, 7) is 0.863. The van der Waals surface area contributed by atoms with Gasteiger partial charge in [-0.1, -0.05) is 12.1 Å². The normalized spacial score (nSPS) is 15.6. The molecule has 31 heavy (non-hydrogen) atoms. The Kier molecular flexibility index (Phi) is 5.66. The molecule has 1 unspecified atom stereocenters. The fourth-order valence-corrected chi connectivity index (χ4v) is 3.98. The van der Waals surface area contributed by atoms with Crippen molar-refractivity contribution in [2.45, 2.75) is 17.5 Å². The number of rotatable bonds is 6. The van der Waals surface area contributed by atoms with Crippen LogP contribution in [0, 0.1) is 0 Å². The summed E-state index contributed by atoms with van der Waals surface area (Å²) in [4.78, 5) is 12.6. The lowest BCUT2D eigenvalue weighted by molar-refractivity contribution is 0.0759. The highest BCUT2D eigenvalue weighted by atomic mass is 32.2.